The van der Waals surface area contributed by atoms with Crippen LogP contribution in [0, 0.1) is 5.82 Å². The molecule has 1 saturated heterocycles. The fourth-order valence-electron chi connectivity index (χ4n) is 4.03. The van der Waals surface area contributed by atoms with Crippen LogP contribution in [0.3, 0.4) is 0 Å². The van der Waals surface area contributed by atoms with Crippen LogP contribution in [0.1, 0.15) is 6.92 Å². The lowest BCUT2D eigenvalue weighted by molar-refractivity contribution is -0.129. The highest BCUT2D eigenvalue weighted by Gasteiger charge is 2.30. The Bertz CT molecular complexity index is 1300. The Hall–Kier alpha value is -3.30. The van der Waals surface area contributed by atoms with Crippen LogP contribution in [0.15, 0.2) is 77.7 Å². The summed E-state index contributed by atoms with van der Waals surface area (Å²) in [6.45, 7) is 3.94. The van der Waals surface area contributed by atoms with Crippen molar-refractivity contribution in [3.05, 3.63) is 83.6 Å². The van der Waals surface area contributed by atoms with E-state index in [4.69, 9.17) is 16.3 Å². The van der Waals surface area contributed by atoms with E-state index in [1.54, 1.807) is 23.1 Å². The molecule has 1 aliphatic rings. The molecule has 0 bridgehead atoms. The first kappa shape index (κ1) is 25.8. The molecule has 0 atom stereocenters. The number of ether oxygens (including phenoxy) is 1. The number of carbonyl (C=O) groups excluding carboxylic acids is 1. The Kier molecular flexibility index (Phi) is 8.01. The van der Waals surface area contributed by atoms with Crippen molar-refractivity contribution >= 4 is 38.9 Å². The predicted octanol–water partition coefficient (Wildman–Crippen LogP) is 4.42. The van der Waals surface area contributed by atoms with Crippen molar-refractivity contribution in [2.75, 3.05) is 48.5 Å². The number of hydrogen-bond acceptors (Lipinski definition) is 5. The third-order valence-electron chi connectivity index (χ3n) is 5.92. The molecule has 7 nitrogen and oxygen atoms in total. The molecule has 0 aromatic heterocycles. The Morgan fingerprint density at radius 1 is 1.00 bits per heavy atom. The molecular formula is C26H27ClFN3O4S. The van der Waals surface area contributed by atoms with Crippen LogP contribution in [0.25, 0.3) is 0 Å². The van der Waals surface area contributed by atoms with Crippen LogP contribution < -0.4 is 13.9 Å². The molecule has 36 heavy (non-hydrogen) atoms. The first-order valence-corrected chi connectivity index (χ1v) is 13.4. The average molecular weight is 532 g/mol. The molecule has 10 heteroatoms. The highest BCUT2D eigenvalue weighted by atomic mass is 35.5. The smallest absolute Gasteiger partial charge is 0.264 e. The molecule has 0 unspecified atom stereocenters. The number of halogens is 2. The summed E-state index contributed by atoms with van der Waals surface area (Å²) in [7, 11) is -4.11. The van der Waals surface area contributed by atoms with Crippen LogP contribution in [0.5, 0.6) is 5.75 Å². The van der Waals surface area contributed by atoms with Crippen LogP contribution in [0.2, 0.25) is 5.02 Å². The first-order chi connectivity index (χ1) is 17.3. The highest BCUT2D eigenvalue weighted by Crippen LogP contribution is 2.26. The van der Waals surface area contributed by atoms with E-state index in [2.05, 4.69) is 4.90 Å². The van der Waals surface area contributed by atoms with E-state index in [-0.39, 0.29) is 16.5 Å². The molecule has 1 amide bonds. The minimum Gasteiger partial charge on any atom is -0.494 e. The van der Waals surface area contributed by atoms with Gasteiger partial charge < -0.3 is 14.5 Å². The molecule has 1 fully saturated rings. The summed E-state index contributed by atoms with van der Waals surface area (Å²) >= 11 is 6.10. The van der Waals surface area contributed by atoms with Crippen molar-refractivity contribution < 1.29 is 22.3 Å². The lowest BCUT2D eigenvalue weighted by atomic mass is 10.2. The van der Waals surface area contributed by atoms with Gasteiger partial charge in [-0.1, -0.05) is 17.7 Å². The minimum absolute atomic E-state index is 0.00820. The van der Waals surface area contributed by atoms with E-state index in [1.807, 2.05) is 25.1 Å². The fourth-order valence-corrected chi connectivity index (χ4v) is 5.63. The predicted molar refractivity (Wildman–Crippen MR) is 139 cm³/mol. The van der Waals surface area contributed by atoms with Gasteiger partial charge in [0.15, 0.2) is 0 Å². The van der Waals surface area contributed by atoms with Gasteiger partial charge in [-0.05, 0) is 73.7 Å². The second kappa shape index (κ2) is 11.2. The zero-order valence-electron chi connectivity index (χ0n) is 19.8. The summed E-state index contributed by atoms with van der Waals surface area (Å²) in [5.41, 5.74) is 1.18. The number of amides is 1. The number of benzene rings is 3. The van der Waals surface area contributed by atoms with Gasteiger partial charge in [0.25, 0.3) is 10.0 Å². The van der Waals surface area contributed by atoms with Gasteiger partial charge in [-0.15, -0.1) is 0 Å². The lowest BCUT2D eigenvalue weighted by Crippen LogP contribution is -2.52. The Morgan fingerprint density at radius 2 is 1.67 bits per heavy atom. The average Bonchev–Trinajstić information content (AvgIpc) is 2.88. The van der Waals surface area contributed by atoms with Crippen molar-refractivity contribution in [1.82, 2.24) is 4.90 Å². The Balaban J connectivity index is 1.53. The number of sulfonamides is 1. The van der Waals surface area contributed by atoms with E-state index in [0.717, 1.165) is 9.99 Å². The summed E-state index contributed by atoms with van der Waals surface area (Å²) in [6.07, 6.45) is 0. The first-order valence-electron chi connectivity index (χ1n) is 11.6. The molecule has 0 spiro atoms. The molecule has 0 aliphatic carbocycles. The van der Waals surface area contributed by atoms with Gasteiger partial charge in [0.1, 0.15) is 18.1 Å². The van der Waals surface area contributed by atoms with Gasteiger partial charge in [0.05, 0.1) is 17.2 Å². The van der Waals surface area contributed by atoms with E-state index in [0.29, 0.717) is 43.6 Å². The highest BCUT2D eigenvalue weighted by molar-refractivity contribution is 7.92. The van der Waals surface area contributed by atoms with Gasteiger partial charge in [-0.3, -0.25) is 9.10 Å². The van der Waals surface area contributed by atoms with Crippen molar-refractivity contribution in [3.8, 4) is 5.75 Å². The zero-order valence-corrected chi connectivity index (χ0v) is 21.4. The van der Waals surface area contributed by atoms with Crippen molar-refractivity contribution in [3.63, 3.8) is 0 Å². The zero-order chi connectivity index (χ0) is 25.7. The maximum absolute atomic E-state index is 13.6. The summed E-state index contributed by atoms with van der Waals surface area (Å²) in [5, 5.41) is 0.639. The SMILES string of the molecule is CCOc1ccc(S(=O)(=O)N(CC(=O)N2CCN(c3cccc(Cl)c3)CC2)c2ccc(F)cc2)cc1. The molecule has 0 saturated carbocycles. The summed E-state index contributed by atoms with van der Waals surface area (Å²) in [4.78, 5) is 17.0. The molecule has 0 radical (unpaired) electrons. The number of hydrogen-bond donors (Lipinski definition) is 0. The van der Waals surface area contributed by atoms with E-state index >= 15 is 0 Å². The summed E-state index contributed by atoms with van der Waals surface area (Å²) in [5.74, 6) is -0.293. The Labute approximate surface area is 215 Å². The number of piperazine rings is 1. The van der Waals surface area contributed by atoms with Gasteiger partial charge in [-0.25, -0.2) is 12.8 Å². The van der Waals surface area contributed by atoms with Crippen molar-refractivity contribution in [1.29, 1.82) is 0 Å². The normalized spacial score (nSPS) is 14.0. The number of rotatable bonds is 8. The standard InChI is InChI=1S/C26H27ClFN3O4S/c1-2-35-24-10-12-25(13-11-24)36(33,34)31(22-8-6-21(28)7-9-22)19-26(32)30-16-14-29(15-17-30)23-5-3-4-20(27)18-23/h3-13,18H,2,14-17,19H2,1H3. The molecule has 190 valence electrons. The lowest BCUT2D eigenvalue weighted by Gasteiger charge is -2.37. The van der Waals surface area contributed by atoms with Gasteiger partial charge >= 0.3 is 0 Å². The summed E-state index contributed by atoms with van der Waals surface area (Å²) in [6, 6.07) is 18.6. The van der Waals surface area contributed by atoms with Gasteiger partial charge in [0.2, 0.25) is 5.91 Å². The van der Waals surface area contributed by atoms with Crippen molar-refractivity contribution in [2.45, 2.75) is 11.8 Å². The second-order valence-electron chi connectivity index (χ2n) is 8.24. The monoisotopic (exact) mass is 531 g/mol. The third-order valence-corrected chi connectivity index (χ3v) is 7.95. The van der Waals surface area contributed by atoms with E-state index < -0.39 is 22.4 Å². The van der Waals surface area contributed by atoms with E-state index in [1.165, 1.54) is 36.4 Å². The Morgan fingerprint density at radius 3 is 2.28 bits per heavy atom. The number of nitrogens with zero attached hydrogens (tertiary/aromatic N) is 3. The van der Waals surface area contributed by atoms with Gasteiger partial charge in [-0.2, -0.15) is 0 Å². The van der Waals surface area contributed by atoms with Crippen LogP contribution >= 0.6 is 11.6 Å². The molecular weight excluding hydrogens is 505 g/mol. The molecule has 4 rings (SSSR count). The molecule has 3 aromatic carbocycles. The maximum atomic E-state index is 13.6. The fraction of sp³-hybridized carbons (Fsp3) is 0.269. The maximum Gasteiger partial charge on any atom is 0.264 e. The minimum atomic E-state index is -4.11. The molecule has 1 aliphatic heterocycles. The van der Waals surface area contributed by atoms with E-state index in [9.17, 15) is 17.6 Å². The molecule has 0 N–H and O–H groups in total. The van der Waals surface area contributed by atoms with Crippen molar-refractivity contribution in [2.24, 2.45) is 0 Å². The van der Waals surface area contributed by atoms with Gasteiger partial charge in [0, 0.05) is 36.9 Å². The van der Waals surface area contributed by atoms with Crippen LogP contribution in [-0.4, -0.2) is 58.6 Å². The van der Waals surface area contributed by atoms with Crippen LogP contribution in [-0.2, 0) is 14.8 Å². The largest absolute Gasteiger partial charge is 0.494 e. The molecule has 1 heterocycles. The summed E-state index contributed by atoms with van der Waals surface area (Å²) < 4.78 is 47.1. The quantitative estimate of drug-likeness (QED) is 0.430. The van der Waals surface area contributed by atoms with Crippen LogP contribution in [0.4, 0.5) is 15.8 Å². The third kappa shape index (κ3) is 5.91. The topological polar surface area (TPSA) is 70.2 Å². The second-order valence-corrected chi connectivity index (χ2v) is 10.5. The number of anilines is 2. The molecule has 3 aromatic rings. The number of carbonyl (C=O) groups is 1.